The molecule has 0 bridgehead atoms. The Labute approximate surface area is 290 Å². The first-order valence-corrected chi connectivity index (χ1v) is 17.6. The zero-order chi connectivity index (χ0) is 34.8. The highest BCUT2D eigenvalue weighted by Crippen LogP contribution is 2.45. The summed E-state index contributed by atoms with van der Waals surface area (Å²) in [6.07, 6.45) is 4.42. The summed E-state index contributed by atoms with van der Waals surface area (Å²) in [5.74, 6) is 0.626. The number of piperidine rings is 1. The average molecular weight is 673 g/mol. The van der Waals surface area contributed by atoms with Gasteiger partial charge in [0, 0.05) is 30.1 Å². The van der Waals surface area contributed by atoms with Crippen LogP contribution < -0.4 is 15.4 Å². The zero-order valence-corrected chi connectivity index (χ0v) is 29.2. The molecule has 3 aromatic carbocycles. The smallest absolute Gasteiger partial charge is 0.262 e. The van der Waals surface area contributed by atoms with Crippen molar-refractivity contribution in [2.45, 2.75) is 63.8 Å². The van der Waals surface area contributed by atoms with Crippen LogP contribution in [0.3, 0.4) is 0 Å². The highest BCUT2D eigenvalue weighted by Gasteiger charge is 2.39. The Kier molecular flexibility index (Phi) is 12.6. The number of rotatable bonds is 16. The Hall–Kier alpha value is -4.12. The molecule has 1 fully saturated rings. The van der Waals surface area contributed by atoms with Gasteiger partial charge in [-0.15, -0.1) is 0 Å². The van der Waals surface area contributed by atoms with Crippen molar-refractivity contribution in [3.05, 3.63) is 82.9 Å². The molecular formula is C39H52N4O6. The molecule has 2 aliphatic rings. The summed E-state index contributed by atoms with van der Waals surface area (Å²) in [4.78, 5) is 29.2. The summed E-state index contributed by atoms with van der Waals surface area (Å²) >= 11 is 0. The lowest BCUT2D eigenvalue weighted by Crippen LogP contribution is -2.43. The zero-order valence-electron chi connectivity index (χ0n) is 29.2. The average Bonchev–Trinajstić information content (AvgIpc) is 3.12. The Bertz CT molecular complexity index is 1560. The molecule has 5 rings (SSSR count). The van der Waals surface area contributed by atoms with E-state index in [1.165, 1.54) is 5.56 Å². The molecule has 3 aromatic rings. The van der Waals surface area contributed by atoms with Crippen molar-refractivity contribution >= 4 is 17.5 Å². The first-order valence-electron chi connectivity index (χ1n) is 17.6. The number of hydrogen-bond acceptors (Lipinski definition) is 8. The van der Waals surface area contributed by atoms with Crippen LogP contribution >= 0.6 is 0 Å². The molecule has 2 aliphatic heterocycles. The summed E-state index contributed by atoms with van der Waals surface area (Å²) in [7, 11) is 2.15. The van der Waals surface area contributed by atoms with Crippen LogP contribution in [0.2, 0.25) is 0 Å². The fourth-order valence-electron chi connectivity index (χ4n) is 6.96. The van der Waals surface area contributed by atoms with Gasteiger partial charge in [0.15, 0.2) is 12.4 Å². The van der Waals surface area contributed by atoms with Crippen LogP contribution in [0, 0.1) is 0 Å². The van der Waals surface area contributed by atoms with Gasteiger partial charge >= 0.3 is 0 Å². The van der Waals surface area contributed by atoms with Gasteiger partial charge in [-0.2, -0.15) is 0 Å². The first kappa shape index (κ1) is 36.2. The molecule has 4 N–H and O–H groups in total. The van der Waals surface area contributed by atoms with Gasteiger partial charge in [0.2, 0.25) is 5.91 Å². The van der Waals surface area contributed by atoms with Crippen molar-refractivity contribution in [1.29, 1.82) is 0 Å². The minimum atomic E-state index is -0.287. The third-order valence-corrected chi connectivity index (χ3v) is 10.1. The molecule has 10 nitrogen and oxygen atoms in total. The van der Waals surface area contributed by atoms with Crippen LogP contribution in [0.15, 0.2) is 60.7 Å². The van der Waals surface area contributed by atoms with Gasteiger partial charge in [-0.1, -0.05) is 55.5 Å². The Morgan fingerprint density at radius 3 is 2.55 bits per heavy atom. The van der Waals surface area contributed by atoms with Crippen LogP contribution in [0.4, 0.5) is 5.69 Å². The molecule has 2 amide bonds. The second kappa shape index (κ2) is 17.0. The van der Waals surface area contributed by atoms with Crippen molar-refractivity contribution in [1.82, 2.24) is 15.1 Å². The Morgan fingerprint density at radius 2 is 1.80 bits per heavy atom. The summed E-state index contributed by atoms with van der Waals surface area (Å²) in [5.41, 5.74) is 4.34. The Morgan fingerprint density at radius 1 is 1.04 bits per heavy atom. The highest BCUT2D eigenvalue weighted by atomic mass is 16.5. The van der Waals surface area contributed by atoms with Crippen LogP contribution in [-0.2, 0) is 32.6 Å². The van der Waals surface area contributed by atoms with Crippen molar-refractivity contribution in [2.24, 2.45) is 0 Å². The maximum Gasteiger partial charge on any atom is 0.262 e. The molecule has 10 heteroatoms. The third-order valence-electron chi connectivity index (χ3n) is 10.1. The topological polar surface area (TPSA) is 124 Å². The van der Waals surface area contributed by atoms with E-state index in [1.807, 2.05) is 23.1 Å². The van der Waals surface area contributed by atoms with Crippen LogP contribution in [-0.4, -0.2) is 97.5 Å². The lowest BCUT2D eigenvalue weighted by atomic mass is 9.67. The van der Waals surface area contributed by atoms with Crippen molar-refractivity contribution in [3.8, 4) is 17.2 Å². The number of aromatic hydroxyl groups is 2. The quantitative estimate of drug-likeness (QED) is 0.126. The van der Waals surface area contributed by atoms with E-state index in [0.29, 0.717) is 69.3 Å². The number of likely N-dealkylation sites (tertiary alicyclic amines) is 1. The maximum absolute atomic E-state index is 13.2. The number of benzene rings is 3. The molecular weight excluding hydrogens is 620 g/mol. The van der Waals surface area contributed by atoms with Gasteiger partial charge in [0.25, 0.3) is 5.91 Å². The predicted octanol–water partition coefficient (Wildman–Crippen LogP) is 4.85. The molecule has 0 spiro atoms. The van der Waals surface area contributed by atoms with E-state index >= 15 is 0 Å². The number of hydrogen-bond donors (Lipinski definition) is 4. The fourth-order valence-corrected chi connectivity index (χ4v) is 6.96. The van der Waals surface area contributed by atoms with Crippen molar-refractivity contribution in [2.75, 3.05) is 64.9 Å². The second-order valence-corrected chi connectivity index (χ2v) is 13.3. The fraction of sp³-hybridized carbons (Fsp3) is 0.487. The lowest BCUT2D eigenvalue weighted by Gasteiger charge is -2.42. The molecule has 0 aromatic heterocycles. The largest absolute Gasteiger partial charge is 0.508 e. The van der Waals surface area contributed by atoms with Gasteiger partial charge in [0.05, 0.1) is 19.6 Å². The monoisotopic (exact) mass is 672 g/mol. The maximum atomic E-state index is 13.2. The highest BCUT2D eigenvalue weighted by molar-refractivity contribution is 5.97. The van der Waals surface area contributed by atoms with E-state index in [-0.39, 0.29) is 35.6 Å². The number of carbonyl (C=O) groups excluding carboxylic acids is 2. The number of phenols is 2. The molecule has 264 valence electrons. The molecule has 1 atom stereocenters. The van der Waals surface area contributed by atoms with Crippen LogP contribution in [0.1, 0.15) is 61.8 Å². The standard InChI is InChI=1S/C39H52N4O6/c1-4-28(2)43(23-20-40-19-14-30-11-13-34(45)37-38(30)49-27-35(46)41-37)36(47)16-25-48-24-15-29-10-12-33(44)32(26-29)39(17-21-42(3)22-18-39)31-8-6-5-7-9-31/h5-13,26,28,40,44-45H,4,14-25,27H2,1-3H3,(H,41,46). The number of ether oxygens (including phenoxy) is 2. The number of amides is 2. The van der Waals surface area contributed by atoms with E-state index in [9.17, 15) is 19.8 Å². The molecule has 0 saturated carbocycles. The van der Waals surface area contributed by atoms with Crippen LogP contribution in [0.5, 0.6) is 17.2 Å². The Balaban J connectivity index is 1.08. The van der Waals surface area contributed by atoms with Gasteiger partial charge in [-0.25, -0.2) is 0 Å². The third kappa shape index (κ3) is 8.92. The van der Waals surface area contributed by atoms with Crippen LogP contribution in [0.25, 0.3) is 0 Å². The van der Waals surface area contributed by atoms with E-state index in [4.69, 9.17) is 9.47 Å². The predicted molar refractivity (Wildman–Crippen MR) is 191 cm³/mol. The molecule has 0 radical (unpaired) electrons. The summed E-state index contributed by atoms with van der Waals surface area (Å²) in [6, 6.07) is 20.0. The van der Waals surface area contributed by atoms with Crippen molar-refractivity contribution in [3.63, 3.8) is 0 Å². The number of nitrogens with zero attached hydrogens (tertiary/aromatic N) is 2. The molecule has 0 aliphatic carbocycles. The van der Waals surface area contributed by atoms with E-state index in [1.54, 1.807) is 12.1 Å². The van der Waals surface area contributed by atoms with E-state index in [0.717, 1.165) is 49.0 Å². The lowest BCUT2D eigenvalue weighted by molar-refractivity contribution is -0.134. The summed E-state index contributed by atoms with van der Waals surface area (Å²) in [5, 5.41) is 27.2. The number of carbonyl (C=O) groups is 2. The minimum Gasteiger partial charge on any atom is -0.508 e. The van der Waals surface area contributed by atoms with Gasteiger partial charge in [0.1, 0.15) is 17.2 Å². The minimum absolute atomic E-state index is 0.0132. The number of phenolic OH excluding ortho intramolecular Hbond substituents is 2. The number of nitrogens with one attached hydrogen (secondary N) is 2. The number of fused-ring (bicyclic) bond motifs is 1. The summed E-state index contributed by atoms with van der Waals surface area (Å²) < 4.78 is 11.6. The molecule has 1 saturated heterocycles. The second-order valence-electron chi connectivity index (χ2n) is 13.3. The number of anilines is 1. The van der Waals surface area contributed by atoms with E-state index < -0.39 is 0 Å². The summed E-state index contributed by atoms with van der Waals surface area (Å²) in [6.45, 7) is 8.76. The van der Waals surface area contributed by atoms with Gasteiger partial charge in [-0.05, 0) is 94.5 Å². The normalized spacial score (nSPS) is 16.3. The van der Waals surface area contributed by atoms with Gasteiger partial charge in [-0.3, -0.25) is 9.59 Å². The van der Waals surface area contributed by atoms with Gasteiger partial charge < -0.3 is 40.1 Å². The van der Waals surface area contributed by atoms with E-state index in [2.05, 4.69) is 66.8 Å². The molecule has 49 heavy (non-hydrogen) atoms. The first-order chi connectivity index (χ1) is 23.7. The van der Waals surface area contributed by atoms with Crippen molar-refractivity contribution < 1.29 is 29.3 Å². The molecule has 2 heterocycles. The SMILES string of the molecule is CCC(C)N(CCNCCc1ccc(O)c2c1OCC(=O)N2)C(=O)CCOCCc1ccc(O)c(C2(c3ccccc3)CCN(C)CC2)c1. The molecule has 1 unspecified atom stereocenters.